The van der Waals surface area contributed by atoms with Crippen molar-refractivity contribution in [2.45, 2.75) is 24.2 Å². The molecule has 3 heteroatoms. The Labute approximate surface area is 156 Å². The Morgan fingerprint density at radius 1 is 0.885 bits per heavy atom. The van der Waals surface area contributed by atoms with Gasteiger partial charge in [0, 0.05) is 0 Å². The molecular weight excluding hydrogens is 379 g/mol. The predicted molar refractivity (Wildman–Crippen MR) is 112 cm³/mol. The van der Waals surface area contributed by atoms with E-state index in [0.717, 1.165) is 22.8 Å². The van der Waals surface area contributed by atoms with Crippen molar-refractivity contribution < 1.29 is 4.74 Å². The molecule has 0 bridgehead atoms. The first-order chi connectivity index (χ1) is 12.4. The van der Waals surface area contributed by atoms with Crippen molar-refractivity contribution in [1.29, 1.82) is 0 Å². The summed E-state index contributed by atoms with van der Waals surface area (Å²) in [6.45, 7) is 2.16. The molecule has 2 nitrogen and oxygen atoms in total. The Morgan fingerprint density at radius 3 is 2.50 bits per heavy atom. The molecule has 0 saturated carbocycles. The van der Waals surface area contributed by atoms with Gasteiger partial charge >= 0.3 is 156 Å². The van der Waals surface area contributed by atoms with Gasteiger partial charge in [0.1, 0.15) is 0 Å². The van der Waals surface area contributed by atoms with Gasteiger partial charge in [-0.25, -0.2) is 0 Å². The van der Waals surface area contributed by atoms with Crippen LogP contribution in [-0.2, 0) is 0 Å². The van der Waals surface area contributed by atoms with Gasteiger partial charge in [-0.2, -0.15) is 0 Å². The number of hydrogen-bond acceptors (Lipinski definition) is 2. The van der Waals surface area contributed by atoms with Crippen molar-refractivity contribution in [2.24, 2.45) is 0 Å². The monoisotopic (exact) mass is 401 g/mol. The normalized spacial score (nSPS) is 12.9. The van der Waals surface area contributed by atoms with Crippen molar-refractivity contribution in [3.8, 4) is 22.8 Å². The van der Waals surface area contributed by atoms with Crippen LogP contribution in [0.1, 0.15) is 5.56 Å². The van der Waals surface area contributed by atoms with E-state index in [2.05, 4.69) is 72.7 Å². The molecule has 1 aliphatic rings. The number of fused-ring (bicyclic) bond motifs is 3. The van der Waals surface area contributed by atoms with Crippen LogP contribution in [0.25, 0.3) is 32.8 Å². The summed E-state index contributed by atoms with van der Waals surface area (Å²) in [4.78, 5) is 4.79. The second-order valence-corrected chi connectivity index (χ2v) is 18.7. The molecule has 0 saturated heterocycles. The van der Waals surface area contributed by atoms with Gasteiger partial charge in [0.25, 0.3) is 0 Å². The van der Waals surface area contributed by atoms with Gasteiger partial charge in [-0.1, -0.05) is 0 Å². The van der Waals surface area contributed by atoms with Crippen LogP contribution in [0, 0.1) is 6.92 Å². The van der Waals surface area contributed by atoms with Gasteiger partial charge in [-0.15, -0.1) is 0 Å². The number of aryl methyl sites for hydroxylation is 1. The molecule has 5 rings (SSSR count). The minimum atomic E-state index is -2.09. The van der Waals surface area contributed by atoms with Crippen molar-refractivity contribution in [1.82, 2.24) is 4.98 Å². The third kappa shape index (κ3) is 2.15. The SMILES string of the molecule is Cc1c2c(cc3ccccc13)-c1nccc3cc[c]([Ge]([CH3])([CH3])[CH3])c(c13)O2. The molecule has 4 aromatic rings. The second kappa shape index (κ2) is 5.34. The summed E-state index contributed by atoms with van der Waals surface area (Å²) in [6, 6.07) is 17.3. The van der Waals surface area contributed by atoms with Crippen molar-refractivity contribution in [2.75, 3.05) is 0 Å². The summed E-state index contributed by atoms with van der Waals surface area (Å²) in [6.07, 6.45) is 1.92. The summed E-state index contributed by atoms with van der Waals surface area (Å²) in [5.41, 5.74) is 3.36. The number of ether oxygens (including phenoxy) is 1. The number of nitrogens with zero attached hydrogens (tertiary/aromatic N) is 1. The summed E-state index contributed by atoms with van der Waals surface area (Å²) >= 11 is -2.09. The molecule has 128 valence electrons. The van der Waals surface area contributed by atoms with Gasteiger partial charge in [0.05, 0.1) is 0 Å². The van der Waals surface area contributed by atoms with E-state index in [0.29, 0.717) is 0 Å². The zero-order chi connectivity index (χ0) is 18.1. The maximum absolute atomic E-state index is 6.65. The van der Waals surface area contributed by atoms with Gasteiger partial charge in [-0.05, 0) is 0 Å². The second-order valence-electron chi connectivity index (χ2n) is 8.15. The maximum atomic E-state index is 6.65. The summed E-state index contributed by atoms with van der Waals surface area (Å²) in [7, 11) is 0. The molecule has 1 aliphatic heterocycles. The molecular formula is C23H21GeNO. The van der Waals surface area contributed by atoms with Crippen molar-refractivity contribution in [3.05, 3.63) is 60.3 Å². The van der Waals surface area contributed by atoms with Gasteiger partial charge in [-0.3, -0.25) is 0 Å². The average Bonchev–Trinajstić information content (AvgIpc) is 2.62. The number of benzene rings is 3. The first-order valence-electron chi connectivity index (χ1n) is 9.08. The average molecular weight is 400 g/mol. The molecule has 3 aromatic carbocycles. The molecule has 0 N–H and O–H groups in total. The van der Waals surface area contributed by atoms with E-state index in [1.165, 1.54) is 31.5 Å². The molecule has 0 amide bonds. The molecule has 0 radical (unpaired) electrons. The zero-order valence-corrected chi connectivity index (χ0v) is 17.6. The van der Waals surface area contributed by atoms with Crippen LogP contribution in [0.2, 0.25) is 17.3 Å². The number of pyridine rings is 1. The fourth-order valence-corrected chi connectivity index (χ4v) is 7.08. The minimum absolute atomic E-state index is 0.968. The van der Waals surface area contributed by atoms with E-state index < -0.39 is 13.3 Å². The number of hydrogen-bond donors (Lipinski definition) is 0. The molecule has 1 aromatic heterocycles. The molecule has 0 fully saturated rings. The Kier molecular flexibility index (Phi) is 3.26. The van der Waals surface area contributed by atoms with E-state index >= 15 is 0 Å². The van der Waals surface area contributed by atoms with E-state index in [9.17, 15) is 0 Å². The van der Waals surface area contributed by atoms with Crippen LogP contribution < -0.4 is 9.13 Å². The van der Waals surface area contributed by atoms with E-state index in [-0.39, 0.29) is 0 Å². The van der Waals surface area contributed by atoms with E-state index in [4.69, 9.17) is 9.72 Å². The quantitative estimate of drug-likeness (QED) is 0.322. The summed E-state index contributed by atoms with van der Waals surface area (Å²) < 4.78 is 8.06. The zero-order valence-electron chi connectivity index (χ0n) is 15.6. The third-order valence-electron chi connectivity index (χ3n) is 5.40. The van der Waals surface area contributed by atoms with Crippen LogP contribution in [0.5, 0.6) is 11.5 Å². The van der Waals surface area contributed by atoms with E-state index in [1.54, 1.807) is 0 Å². The first kappa shape index (κ1) is 15.9. The molecule has 0 atom stereocenters. The van der Waals surface area contributed by atoms with Crippen LogP contribution in [-0.4, -0.2) is 18.3 Å². The molecule has 26 heavy (non-hydrogen) atoms. The fraction of sp³-hybridized carbons (Fsp3) is 0.174. The topological polar surface area (TPSA) is 22.1 Å². The van der Waals surface area contributed by atoms with Crippen molar-refractivity contribution >= 4 is 39.2 Å². The Balaban J connectivity index is 1.95. The number of rotatable bonds is 1. The van der Waals surface area contributed by atoms with Crippen LogP contribution in [0.15, 0.2) is 54.7 Å². The van der Waals surface area contributed by atoms with Crippen LogP contribution >= 0.6 is 0 Å². The Hall–Kier alpha value is -2.33. The van der Waals surface area contributed by atoms with Gasteiger partial charge in [0.15, 0.2) is 0 Å². The Morgan fingerprint density at radius 2 is 1.69 bits per heavy atom. The predicted octanol–water partition coefficient (Wildman–Crippen LogP) is 6.01. The number of aromatic nitrogens is 1. The Bertz CT molecular complexity index is 1200. The van der Waals surface area contributed by atoms with Gasteiger partial charge in [0.2, 0.25) is 0 Å². The molecule has 0 spiro atoms. The third-order valence-corrected chi connectivity index (χ3v) is 9.62. The van der Waals surface area contributed by atoms with Crippen LogP contribution in [0.4, 0.5) is 0 Å². The summed E-state index contributed by atoms with van der Waals surface area (Å²) in [5, 5.41) is 4.86. The van der Waals surface area contributed by atoms with E-state index in [1.807, 2.05) is 6.20 Å². The van der Waals surface area contributed by atoms with Crippen LogP contribution in [0.3, 0.4) is 0 Å². The summed E-state index contributed by atoms with van der Waals surface area (Å²) in [5.74, 6) is 9.26. The van der Waals surface area contributed by atoms with Gasteiger partial charge < -0.3 is 0 Å². The first-order valence-corrected chi connectivity index (χ1v) is 16.4. The molecule has 0 unspecified atom stereocenters. The molecule has 2 heterocycles. The standard InChI is InChI=1S/C23H21GeNO/c1-14-17-8-6-5-7-16(17)13-18-21-20-15(11-12-25-21)9-10-19(24(2,3)4)23(20)26-22(14)18/h5-13H,1-4H3. The van der Waals surface area contributed by atoms with Crippen molar-refractivity contribution in [3.63, 3.8) is 0 Å². The fourth-order valence-electron chi connectivity index (χ4n) is 4.06. The molecule has 0 aliphatic carbocycles.